The molecule has 0 spiro atoms. The summed E-state index contributed by atoms with van der Waals surface area (Å²) in [6.07, 6.45) is 1.92. The zero-order valence-corrected chi connectivity index (χ0v) is 9.56. The fraction of sp³-hybridized carbons (Fsp3) is 0.417. The molecule has 1 aliphatic carbocycles. The van der Waals surface area contributed by atoms with E-state index in [0.29, 0.717) is 0 Å². The maximum atomic E-state index is 11.7. The zero-order chi connectivity index (χ0) is 12.6. The number of Topliss-reactive ketones (excluding diaryl/α,β-unsaturated/α-hetero) is 1. The largest absolute Gasteiger partial charge is 0.468 e. The predicted molar refractivity (Wildman–Crippen MR) is 56.9 cm³/mol. The highest BCUT2D eigenvalue weighted by Crippen LogP contribution is 2.34. The van der Waals surface area contributed by atoms with Crippen molar-refractivity contribution in [3.63, 3.8) is 0 Å². The first-order valence-electron chi connectivity index (χ1n) is 5.26. The van der Waals surface area contributed by atoms with Gasteiger partial charge in [-0.1, -0.05) is 0 Å². The summed E-state index contributed by atoms with van der Waals surface area (Å²) >= 11 is 0. The second kappa shape index (κ2) is 4.16. The van der Waals surface area contributed by atoms with Crippen molar-refractivity contribution in [3.8, 4) is 0 Å². The molecule has 5 nitrogen and oxygen atoms in total. The molecule has 0 radical (unpaired) electrons. The van der Waals surface area contributed by atoms with E-state index in [0.717, 1.165) is 0 Å². The highest BCUT2D eigenvalue weighted by molar-refractivity contribution is 6.16. The molecular weight excluding hydrogens is 224 g/mol. The molecule has 0 aromatic carbocycles. The van der Waals surface area contributed by atoms with Crippen molar-refractivity contribution in [2.45, 2.75) is 19.4 Å². The van der Waals surface area contributed by atoms with Gasteiger partial charge in [-0.2, -0.15) is 0 Å². The number of carbonyl (C=O) groups is 3. The van der Waals surface area contributed by atoms with E-state index < -0.39 is 12.0 Å². The summed E-state index contributed by atoms with van der Waals surface area (Å²) < 4.78 is 10.2. The first kappa shape index (κ1) is 11.6. The van der Waals surface area contributed by atoms with E-state index in [1.807, 2.05) is 0 Å². The molecule has 2 rings (SSSR count). The van der Waals surface area contributed by atoms with E-state index in [2.05, 4.69) is 0 Å². The Bertz CT molecular complexity index is 458. The maximum absolute atomic E-state index is 11.7. The van der Waals surface area contributed by atoms with Gasteiger partial charge in [0, 0.05) is 6.42 Å². The minimum Gasteiger partial charge on any atom is -0.468 e. The van der Waals surface area contributed by atoms with Crippen LogP contribution < -0.4 is 0 Å². The first-order chi connectivity index (χ1) is 8.04. The van der Waals surface area contributed by atoms with Gasteiger partial charge in [0.1, 0.15) is 0 Å². The van der Waals surface area contributed by atoms with Crippen molar-refractivity contribution in [1.82, 2.24) is 0 Å². The molecule has 1 heterocycles. The van der Waals surface area contributed by atoms with Gasteiger partial charge in [-0.15, -0.1) is 0 Å². The van der Waals surface area contributed by atoms with Gasteiger partial charge in [0.05, 0.1) is 18.6 Å². The molecule has 0 amide bonds. The summed E-state index contributed by atoms with van der Waals surface area (Å²) in [4.78, 5) is 34.7. The Morgan fingerprint density at radius 3 is 2.71 bits per heavy atom. The molecule has 1 aliphatic heterocycles. The summed E-state index contributed by atoms with van der Waals surface area (Å²) in [5.74, 6) is -1.31. The molecule has 5 heteroatoms. The van der Waals surface area contributed by atoms with Gasteiger partial charge in [0.15, 0.2) is 23.5 Å². The summed E-state index contributed by atoms with van der Waals surface area (Å²) in [5, 5.41) is 0. The zero-order valence-electron chi connectivity index (χ0n) is 9.56. The van der Waals surface area contributed by atoms with Crippen LogP contribution in [0.3, 0.4) is 0 Å². The van der Waals surface area contributed by atoms with E-state index in [9.17, 15) is 14.4 Å². The van der Waals surface area contributed by atoms with Crippen molar-refractivity contribution in [2.75, 3.05) is 7.11 Å². The summed E-state index contributed by atoms with van der Waals surface area (Å²) in [6.45, 7) is 1.38. The highest BCUT2D eigenvalue weighted by atomic mass is 16.7. The smallest absolute Gasteiger partial charge is 0.287 e. The molecular formula is C12H12O5. The normalized spacial score (nSPS) is 27.6. The van der Waals surface area contributed by atoms with E-state index in [1.54, 1.807) is 0 Å². The van der Waals surface area contributed by atoms with Crippen LogP contribution in [-0.2, 0) is 23.9 Å². The van der Waals surface area contributed by atoms with Crippen LogP contribution in [0.25, 0.3) is 0 Å². The molecule has 0 fully saturated rings. The van der Waals surface area contributed by atoms with Gasteiger partial charge in [-0.3, -0.25) is 14.4 Å². The SMILES string of the molecule is COC1=C2C(=O)C=CC(=O)C2CC(C(C)=O)O1. The number of rotatable bonds is 2. The van der Waals surface area contributed by atoms with Crippen LogP contribution in [-0.4, -0.2) is 30.6 Å². The van der Waals surface area contributed by atoms with Gasteiger partial charge in [0.25, 0.3) is 5.95 Å². The molecule has 2 atom stereocenters. The van der Waals surface area contributed by atoms with Gasteiger partial charge in [0.2, 0.25) is 0 Å². The molecule has 2 aliphatic rings. The third kappa shape index (κ3) is 1.88. The lowest BCUT2D eigenvalue weighted by Gasteiger charge is -2.31. The number of fused-ring (bicyclic) bond motifs is 1. The average molecular weight is 236 g/mol. The van der Waals surface area contributed by atoms with Crippen molar-refractivity contribution in [1.29, 1.82) is 0 Å². The summed E-state index contributed by atoms with van der Waals surface area (Å²) in [5.41, 5.74) is 0.220. The number of ether oxygens (including phenoxy) is 2. The van der Waals surface area contributed by atoms with Crippen LogP contribution in [0.4, 0.5) is 0 Å². The Morgan fingerprint density at radius 1 is 1.41 bits per heavy atom. The molecule has 0 saturated carbocycles. The van der Waals surface area contributed by atoms with Gasteiger partial charge in [-0.25, -0.2) is 0 Å². The van der Waals surface area contributed by atoms with E-state index in [4.69, 9.17) is 9.47 Å². The Morgan fingerprint density at radius 2 is 2.12 bits per heavy atom. The van der Waals surface area contributed by atoms with Crippen molar-refractivity contribution < 1.29 is 23.9 Å². The number of hydrogen-bond acceptors (Lipinski definition) is 5. The Balaban J connectivity index is 2.45. The highest BCUT2D eigenvalue weighted by Gasteiger charge is 2.41. The Labute approximate surface area is 98.1 Å². The monoisotopic (exact) mass is 236 g/mol. The lowest BCUT2D eigenvalue weighted by atomic mass is 9.81. The number of ketones is 3. The van der Waals surface area contributed by atoms with Crippen LogP contribution in [0.15, 0.2) is 23.7 Å². The summed E-state index contributed by atoms with van der Waals surface area (Å²) in [7, 11) is 1.35. The van der Waals surface area contributed by atoms with Crippen LogP contribution >= 0.6 is 0 Å². The van der Waals surface area contributed by atoms with Crippen molar-refractivity contribution >= 4 is 17.3 Å². The van der Waals surface area contributed by atoms with Gasteiger partial charge in [-0.05, 0) is 19.1 Å². The third-order valence-corrected chi connectivity index (χ3v) is 2.91. The standard InChI is InChI=1S/C12H12O5/c1-6(13)10-5-7-8(14)3-4-9(15)11(7)12(16-2)17-10/h3-4,7,10H,5H2,1-2H3. The Kier molecular flexibility index (Phi) is 2.83. The topological polar surface area (TPSA) is 69.7 Å². The average Bonchev–Trinajstić information content (AvgIpc) is 2.32. The Hall–Kier alpha value is -1.91. The molecule has 0 N–H and O–H groups in total. The molecule has 0 aromatic rings. The fourth-order valence-corrected chi connectivity index (χ4v) is 2.02. The quantitative estimate of drug-likeness (QED) is 0.700. The molecule has 0 aromatic heterocycles. The number of hydrogen-bond donors (Lipinski definition) is 0. The maximum Gasteiger partial charge on any atom is 0.287 e. The lowest BCUT2D eigenvalue weighted by molar-refractivity contribution is -0.136. The first-order valence-corrected chi connectivity index (χ1v) is 5.26. The molecule has 90 valence electrons. The minimum atomic E-state index is -0.720. The second-order valence-corrected chi connectivity index (χ2v) is 4.01. The van der Waals surface area contributed by atoms with E-state index in [-0.39, 0.29) is 35.3 Å². The molecule has 17 heavy (non-hydrogen) atoms. The van der Waals surface area contributed by atoms with Crippen LogP contribution in [0.5, 0.6) is 0 Å². The predicted octanol–water partition coefficient (Wildman–Crippen LogP) is 0.546. The minimum absolute atomic E-state index is 0.0100. The lowest BCUT2D eigenvalue weighted by Crippen LogP contribution is -2.38. The third-order valence-electron chi connectivity index (χ3n) is 2.91. The molecule has 0 saturated heterocycles. The summed E-state index contributed by atoms with van der Waals surface area (Å²) in [6, 6.07) is 0. The van der Waals surface area contributed by atoms with Gasteiger partial charge < -0.3 is 9.47 Å². The van der Waals surface area contributed by atoms with Crippen molar-refractivity contribution in [3.05, 3.63) is 23.7 Å². The van der Waals surface area contributed by atoms with Crippen LogP contribution in [0.1, 0.15) is 13.3 Å². The van der Waals surface area contributed by atoms with Crippen LogP contribution in [0, 0.1) is 5.92 Å². The number of carbonyl (C=O) groups excluding carboxylic acids is 3. The van der Waals surface area contributed by atoms with E-state index in [1.165, 1.54) is 26.2 Å². The fourth-order valence-electron chi connectivity index (χ4n) is 2.02. The van der Waals surface area contributed by atoms with E-state index >= 15 is 0 Å². The molecule has 0 bridgehead atoms. The van der Waals surface area contributed by atoms with Gasteiger partial charge >= 0.3 is 0 Å². The number of methoxy groups -OCH3 is 1. The molecule has 2 unspecified atom stereocenters. The van der Waals surface area contributed by atoms with Crippen molar-refractivity contribution in [2.24, 2.45) is 5.92 Å². The number of allylic oxidation sites excluding steroid dienone is 3. The second-order valence-electron chi connectivity index (χ2n) is 4.01. The van der Waals surface area contributed by atoms with Crippen LogP contribution in [0.2, 0.25) is 0 Å².